The maximum absolute atomic E-state index is 12.2. The summed E-state index contributed by atoms with van der Waals surface area (Å²) in [6.45, 7) is 2.52. The lowest BCUT2D eigenvalue weighted by atomic mass is 10.1. The molecule has 124 valence electrons. The largest absolute Gasteiger partial charge is 0.352 e. The lowest BCUT2D eigenvalue weighted by molar-refractivity contribution is -0.125. The quantitative estimate of drug-likeness (QED) is 0.823. The number of nitrogens with one attached hydrogen (secondary N) is 2. The minimum atomic E-state index is -0.231. The number of aryl methyl sites for hydroxylation is 1. The number of rotatable bonds is 5. The standard InChI is InChI=1S/C19H19BrN2O2/c1-12-4-2-3-5-13(12)11-21-18(23)16-10-17(16)19(24)22-15-8-6-14(20)7-9-15/h2-9,16-17H,10-11H2,1H3,(H,21,23)(H,22,24). The SMILES string of the molecule is Cc1ccccc1CNC(=O)C1CC1C(=O)Nc1ccc(Br)cc1. The summed E-state index contributed by atoms with van der Waals surface area (Å²) in [6.07, 6.45) is 0.613. The van der Waals surface area contributed by atoms with Crippen LogP contribution in [0.15, 0.2) is 53.0 Å². The Morgan fingerprint density at radius 3 is 2.42 bits per heavy atom. The van der Waals surface area contributed by atoms with Crippen LogP contribution in [0.4, 0.5) is 5.69 Å². The Kier molecular flexibility index (Phi) is 5.00. The van der Waals surface area contributed by atoms with Gasteiger partial charge in [-0.25, -0.2) is 0 Å². The molecule has 0 spiro atoms. The number of benzene rings is 2. The summed E-state index contributed by atoms with van der Waals surface area (Å²) in [6, 6.07) is 15.4. The van der Waals surface area contributed by atoms with Crippen LogP contribution >= 0.6 is 15.9 Å². The molecule has 2 aromatic carbocycles. The molecule has 1 saturated carbocycles. The molecule has 2 atom stereocenters. The van der Waals surface area contributed by atoms with E-state index in [2.05, 4.69) is 26.6 Å². The van der Waals surface area contributed by atoms with Gasteiger partial charge in [-0.3, -0.25) is 9.59 Å². The molecule has 0 aromatic heterocycles. The molecule has 0 bridgehead atoms. The topological polar surface area (TPSA) is 58.2 Å². The first kappa shape index (κ1) is 16.7. The van der Waals surface area contributed by atoms with E-state index in [0.717, 1.165) is 21.3 Å². The Bertz CT molecular complexity index is 758. The van der Waals surface area contributed by atoms with Crippen LogP contribution in [-0.2, 0) is 16.1 Å². The molecule has 2 unspecified atom stereocenters. The van der Waals surface area contributed by atoms with E-state index in [9.17, 15) is 9.59 Å². The third-order valence-corrected chi connectivity index (χ3v) is 4.82. The monoisotopic (exact) mass is 386 g/mol. The Morgan fingerprint density at radius 2 is 1.71 bits per heavy atom. The lowest BCUT2D eigenvalue weighted by Crippen LogP contribution is -2.27. The highest BCUT2D eigenvalue weighted by molar-refractivity contribution is 9.10. The number of amides is 2. The van der Waals surface area contributed by atoms with E-state index in [1.54, 1.807) is 0 Å². The summed E-state index contributed by atoms with van der Waals surface area (Å²) in [4.78, 5) is 24.4. The van der Waals surface area contributed by atoms with Crippen molar-refractivity contribution in [3.63, 3.8) is 0 Å². The fraction of sp³-hybridized carbons (Fsp3) is 0.263. The van der Waals surface area contributed by atoms with E-state index >= 15 is 0 Å². The molecule has 2 amide bonds. The zero-order valence-electron chi connectivity index (χ0n) is 13.4. The van der Waals surface area contributed by atoms with Crippen LogP contribution in [-0.4, -0.2) is 11.8 Å². The van der Waals surface area contributed by atoms with E-state index in [1.807, 2.05) is 55.5 Å². The zero-order valence-corrected chi connectivity index (χ0v) is 15.0. The summed E-state index contributed by atoms with van der Waals surface area (Å²) < 4.78 is 0.959. The average Bonchev–Trinajstić information content (AvgIpc) is 3.37. The summed E-state index contributed by atoms with van der Waals surface area (Å²) in [5.74, 6) is -0.586. The predicted octanol–water partition coefficient (Wildman–Crippen LogP) is 3.65. The highest BCUT2D eigenvalue weighted by Gasteiger charge is 2.47. The van der Waals surface area contributed by atoms with Gasteiger partial charge in [-0.15, -0.1) is 0 Å². The van der Waals surface area contributed by atoms with Gasteiger partial charge < -0.3 is 10.6 Å². The molecule has 3 rings (SSSR count). The molecule has 1 aliphatic rings. The number of hydrogen-bond acceptors (Lipinski definition) is 2. The Balaban J connectivity index is 1.49. The summed E-state index contributed by atoms with van der Waals surface area (Å²) >= 11 is 3.36. The number of anilines is 1. The first-order valence-electron chi connectivity index (χ1n) is 7.93. The molecule has 4 nitrogen and oxygen atoms in total. The van der Waals surface area contributed by atoms with Crippen LogP contribution in [0.1, 0.15) is 17.5 Å². The third kappa shape index (κ3) is 4.03. The highest BCUT2D eigenvalue weighted by Crippen LogP contribution is 2.39. The van der Waals surface area contributed by atoms with Gasteiger partial charge in [0.25, 0.3) is 0 Å². The Labute approximate surface area is 149 Å². The molecule has 24 heavy (non-hydrogen) atoms. The highest BCUT2D eigenvalue weighted by atomic mass is 79.9. The second-order valence-electron chi connectivity index (χ2n) is 6.09. The van der Waals surface area contributed by atoms with Gasteiger partial charge in [-0.2, -0.15) is 0 Å². The fourth-order valence-electron chi connectivity index (χ4n) is 2.66. The number of carbonyl (C=O) groups excluding carboxylic acids is 2. The van der Waals surface area contributed by atoms with Gasteiger partial charge in [-0.1, -0.05) is 40.2 Å². The molecule has 2 aromatic rings. The Hall–Kier alpha value is -2.14. The number of halogens is 1. The zero-order chi connectivity index (χ0) is 17.1. The molecule has 0 saturated heterocycles. The minimum absolute atomic E-state index is 0.0470. The fourth-order valence-corrected chi connectivity index (χ4v) is 2.93. The van der Waals surface area contributed by atoms with E-state index in [-0.39, 0.29) is 23.7 Å². The second kappa shape index (κ2) is 7.18. The van der Waals surface area contributed by atoms with Gasteiger partial charge in [-0.05, 0) is 48.7 Å². The van der Waals surface area contributed by atoms with Crippen LogP contribution < -0.4 is 10.6 Å². The molecule has 1 fully saturated rings. The van der Waals surface area contributed by atoms with Crippen molar-refractivity contribution in [2.45, 2.75) is 19.9 Å². The third-order valence-electron chi connectivity index (χ3n) is 4.29. The van der Waals surface area contributed by atoms with Crippen molar-refractivity contribution in [2.24, 2.45) is 11.8 Å². The van der Waals surface area contributed by atoms with E-state index in [4.69, 9.17) is 0 Å². The molecule has 0 heterocycles. The van der Waals surface area contributed by atoms with Gasteiger partial charge in [0.05, 0.1) is 11.8 Å². The van der Waals surface area contributed by atoms with Crippen LogP contribution in [0.25, 0.3) is 0 Å². The average molecular weight is 387 g/mol. The normalized spacial score (nSPS) is 18.8. The van der Waals surface area contributed by atoms with Crippen molar-refractivity contribution in [3.8, 4) is 0 Å². The Morgan fingerprint density at radius 1 is 1.04 bits per heavy atom. The first-order valence-corrected chi connectivity index (χ1v) is 8.72. The van der Waals surface area contributed by atoms with Gasteiger partial charge in [0.1, 0.15) is 0 Å². The van der Waals surface area contributed by atoms with Crippen LogP contribution in [0.5, 0.6) is 0 Å². The molecule has 0 radical (unpaired) electrons. The molecular weight excluding hydrogens is 368 g/mol. The van der Waals surface area contributed by atoms with Crippen molar-refractivity contribution in [2.75, 3.05) is 5.32 Å². The van der Waals surface area contributed by atoms with Gasteiger partial charge >= 0.3 is 0 Å². The summed E-state index contributed by atoms with van der Waals surface area (Å²) in [5.41, 5.74) is 3.00. The predicted molar refractivity (Wildman–Crippen MR) is 97.4 cm³/mol. The van der Waals surface area contributed by atoms with E-state index in [0.29, 0.717) is 13.0 Å². The maximum atomic E-state index is 12.2. The van der Waals surface area contributed by atoms with Gasteiger partial charge in [0.2, 0.25) is 11.8 Å². The maximum Gasteiger partial charge on any atom is 0.228 e. The minimum Gasteiger partial charge on any atom is -0.352 e. The van der Waals surface area contributed by atoms with Crippen LogP contribution in [0, 0.1) is 18.8 Å². The summed E-state index contributed by atoms with van der Waals surface area (Å²) in [7, 11) is 0. The van der Waals surface area contributed by atoms with Gasteiger partial charge in [0.15, 0.2) is 0 Å². The van der Waals surface area contributed by atoms with Crippen molar-refractivity contribution in [1.82, 2.24) is 5.32 Å². The van der Waals surface area contributed by atoms with Crippen molar-refractivity contribution < 1.29 is 9.59 Å². The van der Waals surface area contributed by atoms with E-state index < -0.39 is 0 Å². The molecule has 5 heteroatoms. The molecular formula is C19H19BrN2O2. The summed E-state index contributed by atoms with van der Waals surface area (Å²) in [5, 5.41) is 5.79. The number of carbonyl (C=O) groups is 2. The van der Waals surface area contributed by atoms with Crippen molar-refractivity contribution >= 4 is 33.4 Å². The lowest BCUT2D eigenvalue weighted by Gasteiger charge is -2.08. The van der Waals surface area contributed by atoms with E-state index in [1.165, 1.54) is 0 Å². The smallest absolute Gasteiger partial charge is 0.228 e. The number of hydrogen-bond donors (Lipinski definition) is 2. The molecule has 0 aliphatic heterocycles. The first-order chi connectivity index (χ1) is 11.5. The van der Waals surface area contributed by atoms with Gasteiger partial charge in [0, 0.05) is 16.7 Å². The molecule has 1 aliphatic carbocycles. The van der Waals surface area contributed by atoms with Crippen molar-refractivity contribution in [1.29, 1.82) is 0 Å². The van der Waals surface area contributed by atoms with Crippen LogP contribution in [0.3, 0.4) is 0 Å². The van der Waals surface area contributed by atoms with Crippen LogP contribution in [0.2, 0.25) is 0 Å². The molecule has 2 N–H and O–H groups in total. The second-order valence-corrected chi connectivity index (χ2v) is 7.00. The van der Waals surface area contributed by atoms with Crippen molar-refractivity contribution in [3.05, 3.63) is 64.1 Å².